The first-order valence-electron chi connectivity index (χ1n) is 7.55. The monoisotopic (exact) mass is 303 g/mol. The number of hydrogen-bond donors (Lipinski definition) is 1. The van der Waals surface area contributed by atoms with Crippen molar-refractivity contribution < 1.29 is 4.42 Å². The van der Waals surface area contributed by atoms with Crippen molar-refractivity contribution >= 4 is 17.6 Å². The van der Waals surface area contributed by atoms with Crippen LogP contribution in [0.1, 0.15) is 49.3 Å². The lowest BCUT2D eigenvalue weighted by Gasteiger charge is -2.13. The molecule has 0 saturated heterocycles. The SMILES string of the molecule is CCCNc1nc(C2CC2)nc(SCc2ccco2)c1C. The maximum absolute atomic E-state index is 5.40. The number of thioether (sulfide) groups is 1. The Balaban J connectivity index is 1.80. The van der Waals surface area contributed by atoms with E-state index >= 15 is 0 Å². The van der Waals surface area contributed by atoms with Gasteiger partial charge in [0.25, 0.3) is 0 Å². The maximum Gasteiger partial charge on any atom is 0.135 e. The van der Waals surface area contributed by atoms with E-state index in [0.29, 0.717) is 5.92 Å². The quantitative estimate of drug-likeness (QED) is 0.608. The first kappa shape index (κ1) is 14.4. The molecule has 0 radical (unpaired) electrons. The highest BCUT2D eigenvalue weighted by Gasteiger charge is 2.28. The molecule has 0 spiro atoms. The van der Waals surface area contributed by atoms with E-state index in [1.807, 2.05) is 12.1 Å². The van der Waals surface area contributed by atoms with Crippen molar-refractivity contribution in [2.75, 3.05) is 11.9 Å². The summed E-state index contributed by atoms with van der Waals surface area (Å²) >= 11 is 1.73. The van der Waals surface area contributed by atoms with E-state index < -0.39 is 0 Å². The second-order valence-corrected chi connectivity index (χ2v) is 6.39. The molecular weight excluding hydrogens is 282 g/mol. The van der Waals surface area contributed by atoms with Gasteiger partial charge < -0.3 is 9.73 Å². The van der Waals surface area contributed by atoms with Crippen molar-refractivity contribution in [2.45, 2.75) is 49.8 Å². The lowest BCUT2D eigenvalue weighted by molar-refractivity contribution is 0.530. The fourth-order valence-electron chi connectivity index (χ4n) is 2.13. The maximum atomic E-state index is 5.40. The molecule has 0 atom stereocenters. The number of nitrogens with zero attached hydrogens (tertiary/aromatic N) is 2. The van der Waals surface area contributed by atoms with Gasteiger partial charge in [0, 0.05) is 18.0 Å². The first-order chi connectivity index (χ1) is 10.3. The Morgan fingerprint density at radius 1 is 1.38 bits per heavy atom. The molecule has 2 aromatic rings. The first-order valence-corrected chi connectivity index (χ1v) is 8.54. The molecule has 21 heavy (non-hydrogen) atoms. The summed E-state index contributed by atoms with van der Waals surface area (Å²) in [6.07, 6.45) is 5.25. The second-order valence-electron chi connectivity index (χ2n) is 5.43. The molecule has 5 heteroatoms. The average Bonchev–Trinajstić information content (AvgIpc) is 3.21. The van der Waals surface area contributed by atoms with Gasteiger partial charge >= 0.3 is 0 Å². The molecule has 2 heterocycles. The van der Waals surface area contributed by atoms with Crippen LogP contribution in [0.5, 0.6) is 0 Å². The molecule has 1 saturated carbocycles. The summed E-state index contributed by atoms with van der Waals surface area (Å²) in [5.74, 6) is 4.35. The van der Waals surface area contributed by atoms with Crippen LogP contribution in [0.15, 0.2) is 27.8 Å². The zero-order valence-corrected chi connectivity index (χ0v) is 13.4. The minimum absolute atomic E-state index is 0.565. The smallest absolute Gasteiger partial charge is 0.135 e. The molecule has 0 aromatic carbocycles. The summed E-state index contributed by atoms with van der Waals surface area (Å²) in [7, 11) is 0. The molecule has 1 fully saturated rings. The Morgan fingerprint density at radius 2 is 2.24 bits per heavy atom. The topological polar surface area (TPSA) is 51.0 Å². The summed E-state index contributed by atoms with van der Waals surface area (Å²) in [4.78, 5) is 9.49. The van der Waals surface area contributed by atoms with Crippen molar-refractivity contribution in [1.82, 2.24) is 9.97 Å². The third-order valence-electron chi connectivity index (χ3n) is 3.53. The molecule has 4 nitrogen and oxygen atoms in total. The fourth-order valence-corrected chi connectivity index (χ4v) is 3.04. The highest BCUT2D eigenvalue weighted by atomic mass is 32.2. The Bertz CT molecular complexity index is 594. The fraction of sp³-hybridized carbons (Fsp3) is 0.500. The Morgan fingerprint density at radius 3 is 2.90 bits per heavy atom. The van der Waals surface area contributed by atoms with Crippen LogP contribution in [-0.4, -0.2) is 16.5 Å². The predicted octanol–water partition coefficient (Wildman–Crippen LogP) is 4.37. The van der Waals surface area contributed by atoms with Gasteiger partial charge in [0.2, 0.25) is 0 Å². The molecule has 0 bridgehead atoms. The van der Waals surface area contributed by atoms with Gasteiger partial charge in [0.1, 0.15) is 22.4 Å². The molecule has 1 N–H and O–H groups in total. The van der Waals surface area contributed by atoms with Crippen molar-refractivity contribution in [3.8, 4) is 0 Å². The second kappa shape index (κ2) is 6.52. The Kier molecular flexibility index (Phi) is 4.48. The van der Waals surface area contributed by atoms with E-state index in [9.17, 15) is 0 Å². The summed E-state index contributed by atoms with van der Waals surface area (Å²) in [6.45, 7) is 5.21. The largest absolute Gasteiger partial charge is 0.468 e. The van der Waals surface area contributed by atoms with Gasteiger partial charge in [-0.3, -0.25) is 0 Å². The van der Waals surface area contributed by atoms with Crippen molar-refractivity contribution in [2.24, 2.45) is 0 Å². The lowest BCUT2D eigenvalue weighted by atomic mass is 10.3. The number of nitrogens with one attached hydrogen (secondary N) is 1. The minimum Gasteiger partial charge on any atom is -0.468 e. The predicted molar refractivity (Wildman–Crippen MR) is 85.8 cm³/mol. The van der Waals surface area contributed by atoms with Gasteiger partial charge in [-0.05, 0) is 38.3 Å². The summed E-state index contributed by atoms with van der Waals surface area (Å²) in [5, 5.41) is 4.50. The lowest BCUT2D eigenvalue weighted by Crippen LogP contribution is -2.08. The molecule has 0 unspecified atom stereocenters. The zero-order chi connectivity index (χ0) is 14.7. The van der Waals surface area contributed by atoms with E-state index in [0.717, 1.165) is 46.7 Å². The van der Waals surface area contributed by atoms with Crippen LogP contribution in [0.4, 0.5) is 5.82 Å². The normalized spacial score (nSPS) is 14.4. The van der Waals surface area contributed by atoms with E-state index in [1.165, 1.54) is 12.8 Å². The van der Waals surface area contributed by atoms with Gasteiger partial charge in [-0.15, -0.1) is 0 Å². The van der Waals surface area contributed by atoms with Crippen molar-refractivity contribution in [3.63, 3.8) is 0 Å². The van der Waals surface area contributed by atoms with Gasteiger partial charge in [0.15, 0.2) is 0 Å². The van der Waals surface area contributed by atoms with E-state index in [-0.39, 0.29) is 0 Å². The molecule has 1 aliphatic rings. The number of aromatic nitrogens is 2. The van der Waals surface area contributed by atoms with Crippen molar-refractivity contribution in [3.05, 3.63) is 35.5 Å². The number of rotatable bonds is 7. The number of furan rings is 1. The van der Waals surface area contributed by atoms with E-state index in [2.05, 4.69) is 19.2 Å². The summed E-state index contributed by atoms with van der Waals surface area (Å²) in [5.41, 5.74) is 1.14. The molecule has 1 aliphatic carbocycles. The van der Waals surface area contributed by atoms with Crippen LogP contribution >= 0.6 is 11.8 Å². The third-order valence-corrected chi connectivity index (χ3v) is 4.63. The molecular formula is C16H21N3OS. The molecule has 3 rings (SSSR count). The van der Waals surface area contributed by atoms with Crippen LogP contribution in [0, 0.1) is 6.92 Å². The van der Waals surface area contributed by atoms with E-state index in [4.69, 9.17) is 14.4 Å². The van der Waals surface area contributed by atoms with Crippen LogP contribution in [-0.2, 0) is 5.75 Å². The third kappa shape index (κ3) is 3.59. The summed E-state index contributed by atoms with van der Waals surface area (Å²) < 4.78 is 5.40. The zero-order valence-electron chi connectivity index (χ0n) is 12.6. The van der Waals surface area contributed by atoms with E-state index in [1.54, 1.807) is 18.0 Å². The van der Waals surface area contributed by atoms with Gasteiger partial charge in [-0.25, -0.2) is 9.97 Å². The highest BCUT2D eigenvalue weighted by molar-refractivity contribution is 7.98. The van der Waals surface area contributed by atoms with Gasteiger partial charge in [-0.2, -0.15) is 0 Å². The highest BCUT2D eigenvalue weighted by Crippen LogP contribution is 2.40. The molecule has 0 aliphatic heterocycles. The minimum atomic E-state index is 0.565. The number of hydrogen-bond acceptors (Lipinski definition) is 5. The standard InChI is InChI=1S/C16H21N3OS/c1-3-8-17-14-11(2)16(19-15(18-14)12-6-7-12)21-10-13-5-4-9-20-13/h4-5,9,12H,3,6-8,10H2,1-2H3,(H,17,18,19). The molecule has 112 valence electrons. The van der Waals surface area contributed by atoms with Crippen LogP contribution in [0.25, 0.3) is 0 Å². The van der Waals surface area contributed by atoms with Crippen LogP contribution < -0.4 is 5.32 Å². The Hall–Kier alpha value is -1.49. The van der Waals surface area contributed by atoms with Crippen molar-refractivity contribution in [1.29, 1.82) is 0 Å². The van der Waals surface area contributed by atoms with Gasteiger partial charge in [0.05, 0.1) is 12.0 Å². The Labute approximate surface area is 129 Å². The number of anilines is 1. The molecule has 0 amide bonds. The van der Waals surface area contributed by atoms with Gasteiger partial charge in [-0.1, -0.05) is 18.7 Å². The summed E-state index contributed by atoms with van der Waals surface area (Å²) in [6, 6.07) is 3.92. The van der Waals surface area contributed by atoms with Crippen LogP contribution in [0.3, 0.4) is 0 Å². The average molecular weight is 303 g/mol. The van der Waals surface area contributed by atoms with Crippen LogP contribution in [0.2, 0.25) is 0 Å². The molecule has 2 aromatic heterocycles.